The van der Waals surface area contributed by atoms with E-state index >= 15 is 0 Å². The topological polar surface area (TPSA) is 77.8 Å². The molecule has 0 bridgehead atoms. The van der Waals surface area contributed by atoms with Crippen LogP contribution in [0.25, 0.3) is 0 Å². The third-order valence-corrected chi connectivity index (χ3v) is 6.16. The van der Waals surface area contributed by atoms with Gasteiger partial charge in [-0.1, -0.05) is 0 Å². The number of thiophene rings is 1. The molecule has 1 aromatic heterocycles. The van der Waals surface area contributed by atoms with Crippen molar-refractivity contribution in [3.05, 3.63) is 51.5 Å². The molecular weight excluding hydrogens is 422 g/mol. The van der Waals surface area contributed by atoms with Crippen molar-refractivity contribution in [2.24, 2.45) is 0 Å². The van der Waals surface area contributed by atoms with Crippen LogP contribution in [0.1, 0.15) is 30.1 Å². The molecule has 5 nitrogen and oxygen atoms in total. The average molecular weight is 435 g/mol. The number of fused-ring (bicyclic) bond motifs is 1. The molecule has 28 heavy (non-hydrogen) atoms. The van der Waals surface area contributed by atoms with Gasteiger partial charge in [-0.2, -0.15) is 13.2 Å². The van der Waals surface area contributed by atoms with Crippen molar-refractivity contribution in [2.45, 2.75) is 35.5 Å². The van der Waals surface area contributed by atoms with Crippen LogP contribution in [0.3, 0.4) is 0 Å². The first-order chi connectivity index (χ1) is 13.0. The predicted octanol–water partition coefficient (Wildman–Crippen LogP) is 5.00. The van der Waals surface area contributed by atoms with Crippen molar-refractivity contribution in [1.29, 1.82) is 0 Å². The Kier molecular flexibility index (Phi) is 5.32. The minimum Gasteiger partial charge on any atom is -0.505 e. The molecule has 0 saturated carbocycles. The lowest BCUT2D eigenvalue weighted by molar-refractivity contribution is -0.136. The molecule has 1 aliphatic carbocycles. The van der Waals surface area contributed by atoms with Gasteiger partial charge in [-0.3, -0.25) is 9.59 Å². The fraction of sp³-hybridized carbons (Fsp3) is 0.294. The number of alkyl halides is 3. The molecular formula is C17H13F4NO4S2. The van der Waals surface area contributed by atoms with E-state index in [1.165, 1.54) is 17.2 Å². The van der Waals surface area contributed by atoms with E-state index in [2.05, 4.69) is 0 Å². The van der Waals surface area contributed by atoms with E-state index < -0.39 is 41.4 Å². The van der Waals surface area contributed by atoms with Crippen molar-refractivity contribution in [1.82, 2.24) is 4.90 Å². The van der Waals surface area contributed by atoms with Gasteiger partial charge in [0.05, 0.1) is 22.2 Å². The van der Waals surface area contributed by atoms with Crippen LogP contribution in [0, 0.1) is 0 Å². The minimum atomic E-state index is -4.49. The number of halogens is 4. The SMILES string of the molecule is CC1=C(CC(=O)O)C2=CC(O)=C(F)CC2N1C(=O)c1csc(SC(F)(F)F)c1. The van der Waals surface area contributed by atoms with E-state index in [1.54, 1.807) is 0 Å². The summed E-state index contributed by atoms with van der Waals surface area (Å²) in [4.78, 5) is 25.3. The molecule has 3 rings (SSSR count). The summed E-state index contributed by atoms with van der Waals surface area (Å²) >= 11 is 0.415. The van der Waals surface area contributed by atoms with Gasteiger partial charge in [0.25, 0.3) is 5.91 Å². The Bertz CT molecular complexity index is 945. The van der Waals surface area contributed by atoms with Crippen molar-refractivity contribution >= 4 is 35.0 Å². The van der Waals surface area contributed by atoms with E-state index in [-0.39, 0.29) is 39.2 Å². The van der Waals surface area contributed by atoms with Crippen molar-refractivity contribution in [3.63, 3.8) is 0 Å². The zero-order valence-corrected chi connectivity index (χ0v) is 15.8. The number of nitrogens with zero attached hydrogens (tertiary/aromatic N) is 1. The number of carbonyl (C=O) groups excluding carboxylic acids is 1. The Morgan fingerprint density at radius 1 is 1.39 bits per heavy atom. The number of allylic oxidation sites excluding steroid dienone is 2. The number of aliphatic hydroxyl groups is 1. The highest BCUT2D eigenvalue weighted by Gasteiger charge is 2.42. The molecule has 2 heterocycles. The molecule has 0 saturated heterocycles. The first kappa shape index (κ1) is 20.5. The highest BCUT2D eigenvalue weighted by molar-refractivity contribution is 8.01. The summed E-state index contributed by atoms with van der Waals surface area (Å²) in [6.45, 7) is 1.49. The summed E-state index contributed by atoms with van der Waals surface area (Å²) in [5.41, 5.74) is -3.65. The molecule has 1 aromatic rings. The molecule has 150 valence electrons. The van der Waals surface area contributed by atoms with Gasteiger partial charge in [0.15, 0.2) is 0 Å². The van der Waals surface area contributed by atoms with Crippen molar-refractivity contribution in [2.75, 3.05) is 0 Å². The lowest BCUT2D eigenvalue weighted by Crippen LogP contribution is -2.37. The number of aliphatic hydroxyl groups excluding tert-OH is 1. The number of carboxylic acids is 1. The quantitative estimate of drug-likeness (QED) is 0.514. The predicted molar refractivity (Wildman–Crippen MR) is 94.6 cm³/mol. The maximum Gasteiger partial charge on any atom is 0.447 e. The van der Waals surface area contributed by atoms with Crippen molar-refractivity contribution < 1.29 is 37.4 Å². The maximum absolute atomic E-state index is 13.9. The smallest absolute Gasteiger partial charge is 0.447 e. The number of rotatable bonds is 4. The Labute approximate surface area is 164 Å². The van der Waals surface area contributed by atoms with Gasteiger partial charge in [0.1, 0.15) is 11.6 Å². The molecule has 2 aliphatic rings. The summed E-state index contributed by atoms with van der Waals surface area (Å²) in [5.74, 6) is -3.31. The number of hydrogen-bond acceptors (Lipinski definition) is 5. The number of hydrogen-bond donors (Lipinski definition) is 2. The zero-order valence-electron chi connectivity index (χ0n) is 14.2. The van der Waals surface area contributed by atoms with Gasteiger partial charge in [-0.05, 0) is 42.0 Å². The molecule has 1 amide bonds. The Balaban J connectivity index is 1.97. The van der Waals surface area contributed by atoms with Gasteiger partial charge >= 0.3 is 11.5 Å². The Morgan fingerprint density at radius 3 is 2.68 bits per heavy atom. The first-order valence-corrected chi connectivity index (χ1v) is 9.56. The van der Waals surface area contributed by atoms with Crippen molar-refractivity contribution in [3.8, 4) is 0 Å². The van der Waals surface area contributed by atoms with Crippen LogP contribution in [-0.4, -0.2) is 38.5 Å². The van der Waals surface area contributed by atoms with Gasteiger partial charge in [-0.25, -0.2) is 4.39 Å². The van der Waals surface area contributed by atoms with Crippen LogP contribution >= 0.6 is 23.1 Å². The average Bonchev–Trinajstić information content (AvgIpc) is 3.10. The minimum absolute atomic E-state index is 0.00814. The monoisotopic (exact) mass is 435 g/mol. The van der Waals surface area contributed by atoms with E-state index in [1.807, 2.05) is 0 Å². The van der Waals surface area contributed by atoms with E-state index in [0.29, 0.717) is 5.57 Å². The van der Waals surface area contributed by atoms with E-state index in [9.17, 15) is 32.3 Å². The van der Waals surface area contributed by atoms with Crippen LogP contribution in [0.2, 0.25) is 0 Å². The molecule has 11 heteroatoms. The third-order valence-electron chi connectivity index (χ3n) is 4.35. The number of aliphatic carboxylic acids is 1. The van der Waals surface area contributed by atoms with Crippen LogP contribution in [0.4, 0.5) is 17.6 Å². The second-order valence-corrected chi connectivity index (χ2v) is 8.40. The Morgan fingerprint density at radius 2 is 2.07 bits per heavy atom. The van der Waals surface area contributed by atoms with Crippen LogP contribution in [-0.2, 0) is 4.79 Å². The second kappa shape index (κ2) is 7.28. The van der Waals surface area contributed by atoms with Crippen LogP contribution in [0.15, 0.2) is 50.2 Å². The third kappa shape index (κ3) is 3.95. The molecule has 2 N–H and O–H groups in total. The lowest BCUT2D eigenvalue weighted by atomic mass is 9.92. The fourth-order valence-corrected chi connectivity index (χ4v) is 4.86. The molecule has 1 aliphatic heterocycles. The second-order valence-electron chi connectivity index (χ2n) is 6.12. The number of carboxylic acid groups (broad SMARTS) is 1. The number of carbonyl (C=O) groups is 2. The Hall–Kier alpha value is -2.27. The normalized spacial score (nSPS) is 19.8. The van der Waals surface area contributed by atoms with Gasteiger partial charge in [0.2, 0.25) is 0 Å². The molecule has 0 fully saturated rings. The summed E-state index contributed by atoms with van der Waals surface area (Å²) < 4.78 is 51.4. The standard InChI is InChI=1S/C17H13F4NO4S2/c1-7-9(4-14(24)25)10-3-13(23)11(18)5-12(10)22(7)16(26)8-2-15(27-6-8)28-17(19,20)21/h2-3,6,12,23H,4-5H2,1H3,(H,24,25). The van der Waals surface area contributed by atoms with E-state index in [4.69, 9.17) is 5.11 Å². The first-order valence-electron chi connectivity index (χ1n) is 7.87. The summed E-state index contributed by atoms with van der Waals surface area (Å²) in [6.07, 6.45) is 0.306. The van der Waals surface area contributed by atoms with E-state index in [0.717, 1.165) is 23.5 Å². The molecule has 0 spiro atoms. The largest absolute Gasteiger partial charge is 0.505 e. The zero-order chi connectivity index (χ0) is 20.8. The maximum atomic E-state index is 13.9. The van der Waals surface area contributed by atoms with Gasteiger partial charge in [0, 0.05) is 17.5 Å². The number of amides is 1. The fourth-order valence-electron chi connectivity index (χ4n) is 3.22. The summed E-state index contributed by atoms with van der Waals surface area (Å²) in [7, 11) is 0. The number of thioether (sulfide) groups is 1. The molecule has 1 unspecified atom stereocenters. The van der Waals surface area contributed by atoms with Gasteiger partial charge < -0.3 is 15.1 Å². The highest BCUT2D eigenvalue weighted by Crippen LogP contribution is 2.44. The van der Waals surface area contributed by atoms with Crippen LogP contribution in [0.5, 0.6) is 0 Å². The molecule has 1 atom stereocenters. The van der Waals surface area contributed by atoms with Gasteiger partial charge in [-0.15, -0.1) is 11.3 Å². The summed E-state index contributed by atoms with van der Waals surface area (Å²) in [5, 5.41) is 20.1. The molecule has 0 radical (unpaired) electrons. The summed E-state index contributed by atoms with van der Waals surface area (Å²) in [6, 6.07) is 0.236. The lowest BCUT2D eigenvalue weighted by Gasteiger charge is -2.28. The molecule has 0 aromatic carbocycles. The highest BCUT2D eigenvalue weighted by atomic mass is 32.2. The van der Waals surface area contributed by atoms with Crippen LogP contribution < -0.4 is 0 Å².